The number of hydrogen-bond acceptors (Lipinski definition) is 6. The van der Waals surface area contributed by atoms with Crippen molar-refractivity contribution in [3.05, 3.63) is 36.5 Å². The van der Waals surface area contributed by atoms with Crippen LogP contribution in [0.4, 0.5) is 0 Å². The highest BCUT2D eigenvalue weighted by Gasteiger charge is 2.18. The quantitative estimate of drug-likeness (QED) is 0.0270. The molecule has 0 aliphatic rings. The van der Waals surface area contributed by atoms with E-state index in [4.69, 9.17) is 9.47 Å². The van der Waals surface area contributed by atoms with Gasteiger partial charge in [-0.1, -0.05) is 225 Å². The maximum absolute atomic E-state index is 12.1. The van der Waals surface area contributed by atoms with Gasteiger partial charge in [0.05, 0.1) is 6.42 Å². The third-order valence-electron chi connectivity index (χ3n) is 10.0. The minimum absolute atomic E-state index is 0.237. The Morgan fingerprint density at radius 2 is 0.660 bits per heavy atom. The lowest BCUT2D eigenvalue weighted by molar-refractivity contribution is -0.159. The fraction of sp³-hybridized carbons (Fsp3) is 0.787. The van der Waals surface area contributed by atoms with Crippen molar-refractivity contribution < 1.29 is 28.7 Å². The van der Waals surface area contributed by atoms with E-state index in [1.54, 1.807) is 12.2 Å². The lowest BCUT2D eigenvalue weighted by atomic mass is 10.0. The first-order chi connectivity index (χ1) is 25.9. The third kappa shape index (κ3) is 39.0. The van der Waals surface area contributed by atoms with Crippen LogP contribution in [0.15, 0.2) is 36.5 Å². The molecule has 53 heavy (non-hydrogen) atoms. The Morgan fingerprint density at radius 1 is 0.396 bits per heavy atom. The maximum atomic E-state index is 12.1. The molecule has 0 saturated carbocycles. The Hall–Kier alpha value is -2.50. The molecule has 0 aromatic heterocycles. The first kappa shape index (κ1) is 50.5. The van der Waals surface area contributed by atoms with Crippen LogP contribution in [-0.2, 0) is 28.7 Å². The van der Waals surface area contributed by atoms with Gasteiger partial charge in [0.25, 0.3) is 0 Å². The topological polar surface area (TPSA) is 86.7 Å². The molecule has 0 unspecified atom stereocenters. The number of esters is 4. The summed E-state index contributed by atoms with van der Waals surface area (Å²) >= 11 is 0. The molecule has 0 rings (SSSR count). The second-order valence-electron chi connectivity index (χ2n) is 15.3. The van der Waals surface area contributed by atoms with E-state index in [1.165, 1.54) is 192 Å². The number of unbranched alkanes of at least 4 members (excludes halogenated alkanes) is 32. The Labute approximate surface area is 326 Å². The summed E-state index contributed by atoms with van der Waals surface area (Å²) in [5.41, 5.74) is -0.237. The summed E-state index contributed by atoms with van der Waals surface area (Å²) in [5.74, 6) is -3.48. The molecule has 0 fully saturated rings. The van der Waals surface area contributed by atoms with Crippen molar-refractivity contribution in [2.75, 3.05) is 0 Å². The van der Waals surface area contributed by atoms with Crippen molar-refractivity contribution in [3.8, 4) is 0 Å². The fourth-order valence-electron chi connectivity index (χ4n) is 6.61. The van der Waals surface area contributed by atoms with Gasteiger partial charge < -0.3 is 9.47 Å². The zero-order chi connectivity index (χ0) is 38.9. The summed E-state index contributed by atoms with van der Waals surface area (Å²) in [6.07, 6.45) is 48.9. The van der Waals surface area contributed by atoms with Crippen molar-refractivity contribution in [1.29, 1.82) is 0 Å². The molecule has 0 saturated heterocycles. The van der Waals surface area contributed by atoms with Gasteiger partial charge in [0.2, 0.25) is 0 Å². The van der Waals surface area contributed by atoms with Gasteiger partial charge in [-0.3, -0.25) is 4.79 Å². The summed E-state index contributed by atoms with van der Waals surface area (Å²) in [6, 6.07) is 0. The van der Waals surface area contributed by atoms with Gasteiger partial charge in [-0.05, 0) is 25.7 Å². The summed E-state index contributed by atoms with van der Waals surface area (Å²) in [7, 11) is 0. The lowest BCUT2D eigenvalue weighted by Crippen LogP contribution is -2.17. The van der Waals surface area contributed by atoms with Crippen molar-refractivity contribution in [2.45, 2.75) is 239 Å². The van der Waals surface area contributed by atoms with Crippen molar-refractivity contribution in [1.82, 2.24) is 0 Å². The number of carbonyl (C=O) groups excluding carboxylic acids is 4. The average molecular weight is 743 g/mol. The summed E-state index contributed by atoms with van der Waals surface area (Å²) in [5, 5.41) is 0. The first-order valence-corrected chi connectivity index (χ1v) is 22.4. The number of hydrogen-bond donors (Lipinski definition) is 0. The monoisotopic (exact) mass is 743 g/mol. The highest BCUT2D eigenvalue weighted by molar-refractivity contribution is 6.02. The molecule has 6 heteroatoms. The van der Waals surface area contributed by atoms with Crippen LogP contribution in [0.2, 0.25) is 0 Å². The molecule has 0 spiro atoms. The normalized spacial score (nSPS) is 11.4. The summed E-state index contributed by atoms with van der Waals surface area (Å²) in [6.45, 7) is 8.04. The van der Waals surface area contributed by atoms with Gasteiger partial charge >= 0.3 is 23.9 Å². The molecule has 0 N–H and O–H groups in total. The van der Waals surface area contributed by atoms with E-state index in [1.807, 2.05) is 0 Å². The highest BCUT2D eigenvalue weighted by Crippen LogP contribution is 2.16. The molecule has 0 atom stereocenters. The number of carbonyl (C=O) groups is 4. The molecule has 0 amide bonds. The molecule has 0 bridgehead atoms. The number of ether oxygens (including phenoxy) is 2. The molecular formula is C47H82O6. The van der Waals surface area contributed by atoms with E-state index in [-0.39, 0.29) is 5.57 Å². The van der Waals surface area contributed by atoms with Crippen LogP contribution in [0.1, 0.15) is 239 Å². The van der Waals surface area contributed by atoms with E-state index < -0.39 is 30.3 Å². The van der Waals surface area contributed by atoms with Crippen molar-refractivity contribution >= 4 is 23.9 Å². The minimum atomic E-state index is -0.995. The molecule has 0 heterocycles. The predicted molar refractivity (Wildman–Crippen MR) is 223 cm³/mol. The lowest BCUT2D eigenvalue weighted by Gasteiger charge is -2.04. The highest BCUT2D eigenvalue weighted by atomic mass is 16.6. The average Bonchev–Trinajstić information content (AvgIpc) is 3.13. The Balaban J connectivity index is 3.68. The van der Waals surface area contributed by atoms with Crippen LogP contribution < -0.4 is 0 Å². The fourth-order valence-corrected chi connectivity index (χ4v) is 6.61. The van der Waals surface area contributed by atoms with Crippen molar-refractivity contribution in [3.63, 3.8) is 0 Å². The first-order valence-electron chi connectivity index (χ1n) is 22.4. The predicted octanol–water partition coefficient (Wildman–Crippen LogP) is 14.5. The number of rotatable bonds is 39. The Kier molecular flexibility index (Phi) is 38.8. The summed E-state index contributed by atoms with van der Waals surface area (Å²) in [4.78, 5) is 48.1. The van der Waals surface area contributed by atoms with Gasteiger partial charge in [-0.15, -0.1) is 0 Å². The van der Waals surface area contributed by atoms with Gasteiger partial charge in [0, 0.05) is 17.7 Å². The van der Waals surface area contributed by atoms with E-state index >= 15 is 0 Å². The smallest absolute Gasteiger partial charge is 0.341 e. The Bertz CT molecular complexity index is 964. The molecule has 0 aliphatic carbocycles. The van der Waals surface area contributed by atoms with E-state index in [0.29, 0.717) is 0 Å². The van der Waals surface area contributed by atoms with Gasteiger partial charge in [0.1, 0.15) is 0 Å². The van der Waals surface area contributed by atoms with E-state index in [9.17, 15) is 19.2 Å². The minimum Gasteiger partial charge on any atom is -0.390 e. The third-order valence-corrected chi connectivity index (χ3v) is 10.0. The molecule has 0 aromatic carbocycles. The second-order valence-corrected chi connectivity index (χ2v) is 15.3. The van der Waals surface area contributed by atoms with Crippen LogP contribution in [0.3, 0.4) is 0 Å². The van der Waals surface area contributed by atoms with Crippen LogP contribution in [-0.4, -0.2) is 23.9 Å². The standard InChI is InChI=1S/C47H82O6/c1-4-6-8-10-12-14-16-18-20-22-24-26-28-30-32-34-36-38-40-44(48)52-46(50)42-43(3)47(51)53-45(49)41-39-37-35-33-31-29-27-25-23-21-19-17-15-13-11-9-7-5-2/h38-41H,3-37,42H2,1-2H3. The van der Waals surface area contributed by atoms with Crippen LogP contribution >= 0.6 is 0 Å². The van der Waals surface area contributed by atoms with Crippen LogP contribution in [0.25, 0.3) is 0 Å². The number of allylic oxidation sites excluding steroid dienone is 2. The zero-order valence-corrected chi connectivity index (χ0v) is 34.7. The van der Waals surface area contributed by atoms with Gasteiger partial charge in [-0.2, -0.15) is 0 Å². The van der Waals surface area contributed by atoms with E-state index in [2.05, 4.69) is 20.4 Å². The van der Waals surface area contributed by atoms with Crippen molar-refractivity contribution in [2.24, 2.45) is 0 Å². The van der Waals surface area contributed by atoms with Crippen LogP contribution in [0.5, 0.6) is 0 Å². The molecular weight excluding hydrogens is 661 g/mol. The van der Waals surface area contributed by atoms with Gasteiger partial charge in [-0.25, -0.2) is 14.4 Å². The molecule has 0 aliphatic heterocycles. The second kappa shape index (κ2) is 40.7. The molecule has 0 aromatic rings. The molecule has 0 radical (unpaired) electrons. The maximum Gasteiger partial charge on any atom is 0.341 e. The SMILES string of the molecule is C=C(CC(=O)OC(=O)C=CCCCCCCCCCCCCCCCCCC)C(=O)OC(=O)C=CCCCCCCCCCCCCCCCCCC. The molecule has 306 valence electrons. The largest absolute Gasteiger partial charge is 0.390 e. The van der Waals surface area contributed by atoms with Crippen LogP contribution in [0, 0.1) is 0 Å². The van der Waals surface area contributed by atoms with E-state index in [0.717, 1.165) is 38.5 Å². The summed E-state index contributed by atoms with van der Waals surface area (Å²) < 4.78 is 9.50. The van der Waals surface area contributed by atoms with Gasteiger partial charge in [0.15, 0.2) is 0 Å². The Morgan fingerprint density at radius 3 is 0.962 bits per heavy atom. The zero-order valence-electron chi connectivity index (χ0n) is 34.7. The molecule has 6 nitrogen and oxygen atoms in total.